The molecule has 0 aromatic heterocycles. The number of rotatable bonds is 3. The standard InChI is InChI=1S/C13H19NO.ClH/c1-3-9(2)13(14)11-4-5-12-10(8-11)6-7-15-12;/h4-5,8-9,13H,3,6-7,14H2,1-2H3;1H/t9?,13-;/m1./s1. The van der Waals surface area contributed by atoms with Gasteiger partial charge in [-0.15, -0.1) is 12.4 Å². The molecule has 2 N–H and O–H groups in total. The van der Waals surface area contributed by atoms with Crippen molar-refractivity contribution in [3.8, 4) is 5.75 Å². The van der Waals surface area contributed by atoms with Crippen LogP contribution in [0.2, 0.25) is 0 Å². The van der Waals surface area contributed by atoms with Gasteiger partial charge >= 0.3 is 0 Å². The second-order valence-corrected chi connectivity index (χ2v) is 4.38. The summed E-state index contributed by atoms with van der Waals surface area (Å²) < 4.78 is 5.48. The van der Waals surface area contributed by atoms with Crippen LogP contribution >= 0.6 is 12.4 Å². The summed E-state index contributed by atoms with van der Waals surface area (Å²) in [5.41, 5.74) is 8.76. The van der Waals surface area contributed by atoms with E-state index in [1.807, 2.05) is 0 Å². The highest BCUT2D eigenvalue weighted by Gasteiger charge is 2.17. The Bertz CT molecular complexity index is 354. The molecule has 0 fully saturated rings. The number of nitrogens with two attached hydrogens (primary N) is 1. The first-order chi connectivity index (χ1) is 7.22. The number of halogens is 1. The molecule has 16 heavy (non-hydrogen) atoms. The van der Waals surface area contributed by atoms with Crippen molar-refractivity contribution >= 4 is 12.4 Å². The van der Waals surface area contributed by atoms with E-state index in [0.717, 1.165) is 25.2 Å². The molecule has 0 amide bonds. The second kappa shape index (κ2) is 5.55. The SMILES string of the molecule is CCC(C)[C@@H](N)c1ccc2c(c1)CCO2.Cl. The summed E-state index contributed by atoms with van der Waals surface area (Å²) in [4.78, 5) is 0. The Kier molecular flexibility index (Phi) is 4.63. The minimum Gasteiger partial charge on any atom is -0.493 e. The molecule has 1 aromatic rings. The van der Waals surface area contributed by atoms with Crippen LogP contribution in [-0.4, -0.2) is 6.61 Å². The molecular weight excluding hydrogens is 222 g/mol. The molecule has 0 saturated carbocycles. The van der Waals surface area contributed by atoms with Gasteiger partial charge in [0.1, 0.15) is 5.75 Å². The van der Waals surface area contributed by atoms with E-state index in [1.54, 1.807) is 0 Å². The molecule has 1 aromatic carbocycles. The van der Waals surface area contributed by atoms with Gasteiger partial charge in [-0.3, -0.25) is 0 Å². The van der Waals surface area contributed by atoms with E-state index in [2.05, 4.69) is 32.0 Å². The third kappa shape index (κ3) is 2.50. The third-order valence-corrected chi connectivity index (χ3v) is 3.36. The lowest BCUT2D eigenvalue weighted by atomic mass is 9.92. The Balaban J connectivity index is 0.00000128. The average molecular weight is 242 g/mol. The van der Waals surface area contributed by atoms with Crippen LogP contribution in [0.4, 0.5) is 0 Å². The molecule has 2 nitrogen and oxygen atoms in total. The van der Waals surface area contributed by atoms with Crippen molar-refractivity contribution in [1.82, 2.24) is 0 Å². The van der Waals surface area contributed by atoms with Gasteiger partial charge in [0.15, 0.2) is 0 Å². The zero-order valence-electron chi connectivity index (χ0n) is 9.90. The first kappa shape index (κ1) is 13.3. The zero-order valence-corrected chi connectivity index (χ0v) is 10.7. The number of hydrogen-bond acceptors (Lipinski definition) is 2. The van der Waals surface area contributed by atoms with Crippen molar-refractivity contribution in [2.45, 2.75) is 32.7 Å². The molecular formula is C13H20ClNO. The maximum atomic E-state index is 6.20. The van der Waals surface area contributed by atoms with Gasteiger partial charge in [-0.05, 0) is 23.1 Å². The molecule has 1 unspecified atom stereocenters. The van der Waals surface area contributed by atoms with Crippen LogP contribution in [0.15, 0.2) is 18.2 Å². The van der Waals surface area contributed by atoms with Crippen molar-refractivity contribution in [2.75, 3.05) is 6.61 Å². The van der Waals surface area contributed by atoms with Crippen molar-refractivity contribution in [3.05, 3.63) is 29.3 Å². The van der Waals surface area contributed by atoms with Crippen LogP contribution in [0.25, 0.3) is 0 Å². The Morgan fingerprint density at radius 3 is 2.88 bits per heavy atom. The minimum absolute atomic E-state index is 0. The van der Waals surface area contributed by atoms with Gasteiger partial charge in [-0.1, -0.05) is 32.4 Å². The Morgan fingerprint density at radius 1 is 1.44 bits per heavy atom. The maximum Gasteiger partial charge on any atom is 0.122 e. The van der Waals surface area contributed by atoms with Crippen molar-refractivity contribution in [2.24, 2.45) is 11.7 Å². The highest BCUT2D eigenvalue weighted by atomic mass is 35.5. The van der Waals surface area contributed by atoms with Gasteiger partial charge in [-0.25, -0.2) is 0 Å². The second-order valence-electron chi connectivity index (χ2n) is 4.38. The quantitative estimate of drug-likeness (QED) is 0.883. The van der Waals surface area contributed by atoms with Crippen molar-refractivity contribution < 1.29 is 4.74 Å². The summed E-state index contributed by atoms with van der Waals surface area (Å²) >= 11 is 0. The highest BCUT2D eigenvalue weighted by Crippen LogP contribution is 2.30. The van der Waals surface area contributed by atoms with Gasteiger partial charge in [0.2, 0.25) is 0 Å². The average Bonchev–Trinajstić information content (AvgIpc) is 2.73. The predicted octanol–water partition coefficient (Wildman–Crippen LogP) is 3.09. The lowest BCUT2D eigenvalue weighted by Gasteiger charge is -2.19. The van der Waals surface area contributed by atoms with Gasteiger partial charge in [0.25, 0.3) is 0 Å². The van der Waals surface area contributed by atoms with E-state index in [9.17, 15) is 0 Å². The molecule has 0 saturated heterocycles. The summed E-state index contributed by atoms with van der Waals surface area (Å²) in [6.45, 7) is 5.20. The third-order valence-electron chi connectivity index (χ3n) is 3.36. The molecule has 1 heterocycles. The fourth-order valence-corrected chi connectivity index (χ4v) is 2.00. The van der Waals surface area contributed by atoms with Crippen molar-refractivity contribution in [3.63, 3.8) is 0 Å². The van der Waals surface area contributed by atoms with E-state index in [1.165, 1.54) is 11.1 Å². The van der Waals surface area contributed by atoms with Gasteiger partial charge in [-0.2, -0.15) is 0 Å². The normalized spacial score (nSPS) is 16.9. The largest absolute Gasteiger partial charge is 0.493 e. The Hall–Kier alpha value is -0.730. The summed E-state index contributed by atoms with van der Waals surface area (Å²) in [5, 5.41) is 0. The monoisotopic (exact) mass is 241 g/mol. The minimum atomic E-state index is 0. The molecule has 1 aliphatic heterocycles. The van der Waals surface area contributed by atoms with E-state index >= 15 is 0 Å². The van der Waals surface area contributed by atoms with E-state index in [0.29, 0.717) is 5.92 Å². The molecule has 0 bridgehead atoms. The smallest absolute Gasteiger partial charge is 0.122 e. The van der Waals surface area contributed by atoms with Gasteiger partial charge in [0.05, 0.1) is 6.61 Å². The number of benzene rings is 1. The molecule has 0 aliphatic carbocycles. The van der Waals surface area contributed by atoms with Crippen LogP contribution in [-0.2, 0) is 6.42 Å². The number of hydrogen-bond donors (Lipinski definition) is 1. The molecule has 3 heteroatoms. The first-order valence-electron chi connectivity index (χ1n) is 5.73. The van der Waals surface area contributed by atoms with Crippen LogP contribution in [0.5, 0.6) is 5.75 Å². The highest BCUT2D eigenvalue weighted by molar-refractivity contribution is 5.85. The van der Waals surface area contributed by atoms with Crippen LogP contribution in [0, 0.1) is 5.92 Å². The lowest BCUT2D eigenvalue weighted by Crippen LogP contribution is -2.18. The summed E-state index contributed by atoms with van der Waals surface area (Å²) in [6, 6.07) is 6.51. The van der Waals surface area contributed by atoms with Gasteiger partial charge in [0, 0.05) is 12.5 Å². The maximum absolute atomic E-state index is 6.20. The molecule has 2 rings (SSSR count). The Labute approximate surface area is 104 Å². The molecule has 90 valence electrons. The summed E-state index contributed by atoms with van der Waals surface area (Å²) in [6.07, 6.45) is 2.14. The van der Waals surface area contributed by atoms with Gasteiger partial charge < -0.3 is 10.5 Å². The predicted molar refractivity (Wildman–Crippen MR) is 69.3 cm³/mol. The van der Waals surface area contributed by atoms with E-state index in [-0.39, 0.29) is 18.4 Å². The van der Waals surface area contributed by atoms with Crippen LogP contribution in [0.3, 0.4) is 0 Å². The van der Waals surface area contributed by atoms with Crippen LogP contribution < -0.4 is 10.5 Å². The summed E-state index contributed by atoms with van der Waals surface area (Å²) in [5.74, 6) is 1.57. The molecule has 0 radical (unpaired) electrons. The van der Waals surface area contributed by atoms with Crippen molar-refractivity contribution in [1.29, 1.82) is 0 Å². The molecule has 2 atom stereocenters. The molecule has 1 aliphatic rings. The molecule has 0 spiro atoms. The van der Waals surface area contributed by atoms with E-state index in [4.69, 9.17) is 10.5 Å². The fraction of sp³-hybridized carbons (Fsp3) is 0.538. The zero-order chi connectivity index (χ0) is 10.8. The van der Waals surface area contributed by atoms with Crippen LogP contribution in [0.1, 0.15) is 37.4 Å². The lowest BCUT2D eigenvalue weighted by molar-refractivity contribution is 0.356. The van der Waals surface area contributed by atoms with E-state index < -0.39 is 0 Å². The summed E-state index contributed by atoms with van der Waals surface area (Å²) in [7, 11) is 0. The first-order valence-corrected chi connectivity index (χ1v) is 5.73. The number of fused-ring (bicyclic) bond motifs is 1. The fourth-order valence-electron chi connectivity index (χ4n) is 2.00. The number of ether oxygens (including phenoxy) is 1. The Morgan fingerprint density at radius 2 is 2.19 bits per heavy atom. The topological polar surface area (TPSA) is 35.2 Å².